The Hall–Kier alpha value is -0.900. The number of rotatable bonds is 6. The molecule has 3 heteroatoms. The zero-order valence-electron chi connectivity index (χ0n) is 10.9. The van der Waals surface area contributed by atoms with Crippen molar-refractivity contribution in [1.29, 1.82) is 0 Å². The molecule has 1 fully saturated rings. The summed E-state index contributed by atoms with van der Waals surface area (Å²) in [6, 6.07) is 9.00. The summed E-state index contributed by atoms with van der Waals surface area (Å²) in [6.07, 6.45) is 5.14. The van der Waals surface area contributed by atoms with E-state index in [0.29, 0.717) is 11.8 Å². The van der Waals surface area contributed by atoms with Gasteiger partial charge in [0.05, 0.1) is 6.10 Å². The van der Waals surface area contributed by atoms with Crippen molar-refractivity contribution in [2.45, 2.75) is 43.7 Å². The van der Waals surface area contributed by atoms with Crippen LogP contribution < -0.4 is 11.3 Å². The molecular weight excluding hydrogens is 224 g/mol. The molecule has 0 aliphatic heterocycles. The molecule has 0 saturated heterocycles. The lowest BCUT2D eigenvalue weighted by atomic mass is 9.74. The van der Waals surface area contributed by atoms with Crippen LogP contribution >= 0.6 is 0 Å². The molecule has 3 N–H and O–H groups in total. The third-order valence-electron chi connectivity index (χ3n) is 4.47. The largest absolute Gasteiger partial charge is 0.379 e. The van der Waals surface area contributed by atoms with E-state index in [1.165, 1.54) is 30.4 Å². The average Bonchev–Trinajstić information content (AvgIpc) is 3.19. The maximum absolute atomic E-state index is 5.73. The summed E-state index contributed by atoms with van der Waals surface area (Å²) in [5.41, 5.74) is 5.98. The van der Waals surface area contributed by atoms with Gasteiger partial charge in [0, 0.05) is 13.2 Å². The van der Waals surface area contributed by atoms with Crippen LogP contribution in [0.2, 0.25) is 0 Å². The van der Waals surface area contributed by atoms with E-state index in [0.717, 1.165) is 6.42 Å². The van der Waals surface area contributed by atoms with E-state index in [4.69, 9.17) is 10.6 Å². The predicted octanol–water partition coefficient (Wildman–Crippen LogP) is 1.97. The normalized spacial score (nSPS) is 25.1. The van der Waals surface area contributed by atoms with E-state index >= 15 is 0 Å². The molecule has 0 bridgehead atoms. The standard InChI is InChI=1S/C15H22N2O/c1-18-15(10-6-7-10)14(17-16)9-12-8-11-4-2-3-5-13(11)12/h2-5,10,12,14-15,17H,6-9,16H2,1H3. The van der Waals surface area contributed by atoms with Crippen molar-refractivity contribution in [2.24, 2.45) is 11.8 Å². The zero-order valence-corrected chi connectivity index (χ0v) is 10.9. The monoisotopic (exact) mass is 246 g/mol. The number of hydrogen-bond donors (Lipinski definition) is 2. The fourth-order valence-corrected chi connectivity index (χ4v) is 3.29. The van der Waals surface area contributed by atoms with Gasteiger partial charge in [-0.15, -0.1) is 0 Å². The smallest absolute Gasteiger partial charge is 0.0765 e. The third-order valence-corrected chi connectivity index (χ3v) is 4.47. The van der Waals surface area contributed by atoms with E-state index in [2.05, 4.69) is 29.7 Å². The van der Waals surface area contributed by atoms with Crippen molar-refractivity contribution in [3.63, 3.8) is 0 Å². The van der Waals surface area contributed by atoms with Crippen molar-refractivity contribution in [3.05, 3.63) is 35.4 Å². The second-order valence-electron chi connectivity index (χ2n) is 5.65. The Balaban J connectivity index is 1.65. The number of nitrogens with one attached hydrogen (secondary N) is 1. The third kappa shape index (κ3) is 2.18. The van der Waals surface area contributed by atoms with Gasteiger partial charge in [0.1, 0.15) is 0 Å². The van der Waals surface area contributed by atoms with Crippen LogP contribution in [0.3, 0.4) is 0 Å². The number of nitrogens with two attached hydrogens (primary N) is 1. The van der Waals surface area contributed by atoms with Crippen LogP contribution in [-0.4, -0.2) is 19.3 Å². The van der Waals surface area contributed by atoms with Gasteiger partial charge in [0.25, 0.3) is 0 Å². The molecule has 0 spiro atoms. The molecule has 2 aliphatic rings. The number of methoxy groups -OCH3 is 1. The molecule has 0 aromatic heterocycles. The molecule has 3 rings (SSSR count). The molecule has 3 nitrogen and oxygen atoms in total. The van der Waals surface area contributed by atoms with Crippen LogP contribution in [0.5, 0.6) is 0 Å². The molecule has 1 aromatic carbocycles. The highest BCUT2D eigenvalue weighted by atomic mass is 16.5. The van der Waals surface area contributed by atoms with Crippen molar-refractivity contribution in [1.82, 2.24) is 5.43 Å². The first-order chi connectivity index (χ1) is 8.83. The quantitative estimate of drug-likeness (QED) is 0.596. The predicted molar refractivity (Wildman–Crippen MR) is 72.1 cm³/mol. The average molecular weight is 246 g/mol. The number of hydrogen-bond acceptors (Lipinski definition) is 3. The minimum absolute atomic E-state index is 0.279. The maximum Gasteiger partial charge on any atom is 0.0765 e. The Kier molecular flexibility index (Phi) is 3.37. The lowest BCUT2D eigenvalue weighted by Crippen LogP contribution is -2.47. The Labute approximate surface area is 109 Å². The van der Waals surface area contributed by atoms with Gasteiger partial charge in [0.15, 0.2) is 0 Å². The summed E-state index contributed by atoms with van der Waals surface area (Å²) in [6.45, 7) is 0. The minimum Gasteiger partial charge on any atom is -0.379 e. The highest BCUT2D eigenvalue weighted by Crippen LogP contribution is 2.41. The lowest BCUT2D eigenvalue weighted by Gasteiger charge is -2.35. The molecule has 0 heterocycles. The van der Waals surface area contributed by atoms with Gasteiger partial charge in [-0.1, -0.05) is 24.3 Å². The fraction of sp³-hybridized carbons (Fsp3) is 0.600. The van der Waals surface area contributed by atoms with Crippen molar-refractivity contribution >= 4 is 0 Å². The molecule has 1 saturated carbocycles. The SMILES string of the molecule is COC(C1CC1)C(CC1Cc2ccccc21)NN. The minimum atomic E-state index is 0.279. The van der Waals surface area contributed by atoms with Gasteiger partial charge in [-0.2, -0.15) is 0 Å². The Morgan fingerprint density at radius 2 is 2.17 bits per heavy atom. The molecule has 2 aliphatic carbocycles. The molecule has 0 radical (unpaired) electrons. The van der Waals surface area contributed by atoms with Gasteiger partial charge in [0.2, 0.25) is 0 Å². The van der Waals surface area contributed by atoms with Gasteiger partial charge >= 0.3 is 0 Å². The molecule has 3 unspecified atom stereocenters. The second kappa shape index (κ2) is 5.00. The summed E-state index contributed by atoms with van der Waals surface area (Å²) in [4.78, 5) is 0. The van der Waals surface area contributed by atoms with Crippen molar-refractivity contribution in [2.75, 3.05) is 7.11 Å². The first kappa shape index (κ1) is 12.2. The summed E-state index contributed by atoms with van der Waals surface area (Å²) in [7, 11) is 1.81. The first-order valence-corrected chi connectivity index (χ1v) is 6.90. The Morgan fingerprint density at radius 1 is 1.39 bits per heavy atom. The Bertz CT molecular complexity index is 417. The first-order valence-electron chi connectivity index (χ1n) is 6.90. The van der Waals surface area contributed by atoms with Gasteiger partial charge in [-0.05, 0) is 48.6 Å². The highest BCUT2D eigenvalue weighted by Gasteiger charge is 2.38. The summed E-state index contributed by atoms with van der Waals surface area (Å²) in [5, 5.41) is 0. The van der Waals surface area contributed by atoms with E-state index in [1.807, 2.05) is 7.11 Å². The second-order valence-corrected chi connectivity index (χ2v) is 5.65. The van der Waals surface area contributed by atoms with Crippen LogP contribution in [0.15, 0.2) is 24.3 Å². The number of benzene rings is 1. The lowest BCUT2D eigenvalue weighted by molar-refractivity contribution is 0.0453. The van der Waals surface area contributed by atoms with Crippen molar-refractivity contribution < 1.29 is 4.74 Å². The molecule has 18 heavy (non-hydrogen) atoms. The molecule has 0 amide bonds. The maximum atomic E-state index is 5.73. The number of hydrazine groups is 1. The van der Waals surface area contributed by atoms with E-state index < -0.39 is 0 Å². The summed E-state index contributed by atoms with van der Waals surface area (Å²) >= 11 is 0. The molecule has 3 atom stereocenters. The summed E-state index contributed by atoms with van der Waals surface area (Å²) < 4.78 is 5.64. The number of ether oxygens (including phenoxy) is 1. The van der Waals surface area contributed by atoms with Crippen LogP contribution in [0.25, 0.3) is 0 Å². The topological polar surface area (TPSA) is 47.3 Å². The van der Waals surface area contributed by atoms with E-state index in [1.54, 1.807) is 0 Å². The highest BCUT2D eigenvalue weighted by molar-refractivity contribution is 5.40. The number of fused-ring (bicyclic) bond motifs is 1. The molecule has 1 aromatic rings. The fourth-order valence-electron chi connectivity index (χ4n) is 3.29. The van der Waals surface area contributed by atoms with Gasteiger partial charge in [-0.3, -0.25) is 11.3 Å². The van der Waals surface area contributed by atoms with Crippen molar-refractivity contribution in [3.8, 4) is 0 Å². The van der Waals surface area contributed by atoms with Crippen LogP contribution in [0.1, 0.15) is 36.3 Å². The zero-order chi connectivity index (χ0) is 12.5. The van der Waals surface area contributed by atoms with Crippen LogP contribution in [-0.2, 0) is 11.2 Å². The molecular formula is C15H22N2O. The van der Waals surface area contributed by atoms with Crippen LogP contribution in [0, 0.1) is 5.92 Å². The van der Waals surface area contributed by atoms with Gasteiger partial charge in [-0.25, -0.2) is 0 Å². The molecule has 98 valence electrons. The van der Waals surface area contributed by atoms with Crippen LogP contribution in [0.4, 0.5) is 0 Å². The van der Waals surface area contributed by atoms with Gasteiger partial charge < -0.3 is 4.74 Å². The Morgan fingerprint density at radius 3 is 2.78 bits per heavy atom. The van der Waals surface area contributed by atoms with E-state index in [9.17, 15) is 0 Å². The van der Waals surface area contributed by atoms with E-state index in [-0.39, 0.29) is 12.1 Å². The summed E-state index contributed by atoms with van der Waals surface area (Å²) in [5.74, 6) is 7.10.